The maximum absolute atomic E-state index is 12.1. The topological polar surface area (TPSA) is 125 Å². The first kappa shape index (κ1) is 22.9. The second-order valence-electron chi connectivity index (χ2n) is 7.87. The molecule has 1 aliphatic rings. The Hall–Kier alpha value is -2.75. The van der Waals surface area contributed by atoms with E-state index in [-0.39, 0.29) is 13.0 Å². The van der Waals surface area contributed by atoms with Gasteiger partial charge in [0.05, 0.1) is 5.71 Å². The van der Waals surface area contributed by atoms with Gasteiger partial charge in [0.25, 0.3) is 5.91 Å². The predicted molar refractivity (Wildman–Crippen MR) is 116 cm³/mol. The number of aliphatic hydroxyl groups excluding tert-OH is 1. The number of nitrogens with zero attached hydrogens (tertiary/aromatic N) is 1. The van der Waals surface area contributed by atoms with Crippen molar-refractivity contribution in [3.05, 3.63) is 59.7 Å². The molecule has 3 N–H and O–H groups in total. The lowest BCUT2D eigenvalue weighted by Gasteiger charge is -2.26. The van der Waals surface area contributed by atoms with Gasteiger partial charge in [-0.2, -0.15) is 0 Å². The number of aliphatic hydroxyl groups is 1. The van der Waals surface area contributed by atoms with E-state index in [1.165, 1.54) is 12.4 Å². The van der Waals surface area contributed by atoms with Gasteiger partial charge in [-0.25, -0.2) is 13.9 Å². The molecule has 2 aromatic carbocycles. The van der Waals surface area contributed by atoms with E-state index in [4.69, 9.17) is 15.2 Å². The summed E-state index contributed by atoms with van der Waals surface area (Å²) in [6.07, 6.45) is 1.18. The van der Waals surface area contributed by atoms with Gasteiger partial charge in [0.15, 0.2) is 14.6 Å². The SMILES string of the molecule is CC(C[C@H]1CC(c2ccc(-c3ccc(CCO)cc3)cc2)=NO1)(C(=O)NO)S(C)(=O)=O. The number of hydrogen-bond donors (Lipinski definition) is 3. The van der Waals surface area contributed by atoms with E-state index < -0.39 is 26.6 Å². The number of hydrogen-bond acceptors (Lipinski definition) is 7. The van der Waals surface area contributed by atoms with Gasteiger partial charge in [-0.3, -0.25) is 10.0 Å². The summed E-state index contributed by atoms with van der Waals surface area (Å²) in [6, 6.07) is 15.7. The van der Waals surface area contributed by atoms with Crippen LogP contribution in [-0.2, 0) is 25.9 Å². The van der Waals surface area contributed by atoms with Gasteiger partial charge >= 0.3 is 0 Å². The van der Waals surface area contributed by atoms with E-state index in [2.05, 4.69) is 5.16 Å². The highest BCUT2D eigenvalue weighted by atomic mass is 32.2. The van der Waals surface area contributed by atoms with E-state index in [0.29, 0.717) is 18.6 Å². The molecule has 0 saturated heterocycles. The fourth-order valence-electron chi connectivity index (χ4n) is 3.52. The van der Waals surface area contributed by atoms with Crippen LogP contribution in [0.2, 0.25) is 0 Å². The van der Waals surface area contributed by atoms with Crippen molar-refractivity contribution in [2.45, 2.75) is 37.0 Å². The van der Waals surface area contributed by atoms with Gasteiger partial charge < -0.3 is 9.94 Å². The van der Waals surface area contributed by atoms with E-state index in [1.54, 1.807) is 0 Å². The number of carbonyl (C=O) groups excluding carboxylic acids is 1. The number of benzene rings is 2. The molecule has 0 saturated carbocycles. The van der Waals surface area contributed by atoms with E-state index in [0.717, 1.165) is 28.5 Å². The summed E-state index contributed by atoms with van der Waals surface area (Å²) in [6.45, 7) is 1.38. The van der Waals surface area contributed by atoms with Crippen molar-refractivity contribution in [1.29, 1.82) is 0 Å². The summed E-state index contributed by atoms with van der Waals surface area (Å²) in [5.74, 6) is -0.999. The van der Waals surface area contributed by atoms with Crippen LogP contribution < -0.4 is 5.48 Å². The van der Waals surface area contributed by atoms with E-state index in [9.17, 15) is 13.2 Å². The molecular formula is C22H26N2O6S. The monoisotopic (exact) mass is 446 g/mol. The van der Waals surface area contributed by atoms with Crippen molar-refractivity contribution in [3.8, 4) is 11.1 Å². The molecule has 1 unspecified atom stereocenters. The average Bonchev–Trinajstić information content (AvgIpc) is 3.21. The fraction of sp³-hybridized carbons (Fsp3) is 0.364. The normalized spacial score (nSPS) is 18.1. The van der Waals surface area contributed by atoms with Gasteiger partial charge in [0, 0.05) is 25.7 Å². The molecule has 1 aliphatic heterocycles. The van der Waals surface area contributed by atoms with Crippen LogP contribution in [0.1, 0.15) is 30.9 Å². The maximum atomic E-state index is 12.1. The van der Waals surface area contributed by atoms with E-state index in [1.807, 2.05) is 48.5 Å². The Balaban J connectivity index is 1.69. The lowest BCUT2D eigenvalue weighted by molar-refractivity contribution is -0.132. The first-order valence-corrected chi connectivity index (χ1v) is 11.7. The Morgan fingerprint density at radius 2 is 1.68 bits per heavy atom. The molecular weight excluding hydrogens is 420 g/mol. The van der Waals surface area contributed by atoms with E-state index >= 15 is 0 Å². The van der Waals surface area contributed by atoms with Crippen LogP contribution in [0.5, 0.6) is 0 Å². The summed E-state index contributed by atoms with van der Waals surface area (Å²) < 4.78 is 22.5. The van der Waals surface area contributed by atoms with Crippen molar-refractivity contribution >= 4 is 21.5 Å². The second kappa shape index (κ2) is 9.17. The first-order chi connectivity index (χ1) is 14.7. The number of hydroxylamine groups is 1. The molecule has 2 atom stereocenters. The molecule has 0 radical (unpaired) electrons. The quantitative estimate of drug-likeness (QED) is 0.421. The van der Waals surface area contributed by atoms with Crippen molar-refractivity contribution in [3.63, 3.8) is 0 Å². The Morgan fingerprint density at radius 1 is 1.13 bits per heavy atom. The van der Waals surface area contributed by atoms with Crippen LogP contribution in [0.25, 0.3) is 11.1 Å². The Morgan fingerprint density at radius 3 is 2.19 bits per heavy atom. The minimum absolute atomic E-state index is 0.118. The van der Waals surface area contributed by atoms with Crippen molar-refractivity contribution < 1.29 is 28.4 Å². The lowest BCUT2D eigenvalue weighted by Crippen LogP contribution is -2.51. The van der Waals surface area contributed by atoms with Gasteiger partial charge in [-0.1, -0.05) is 53.7 Å². The molecule has 31 heavy (non-hydrogen) atoms. The third kappa shape index (κ3) is 4.95. The molecule has 0 fully saturated rings. The minimum Gasteiger partial charge on any atom is -0.396 e. The van der Waals surface area contributed by atoms with Crippen molar-refractivity contribution in [2.75, 3.05) is 12.9 Å². The summed E-state index contributed by atoms with van der Waals surface area (Å²) in [7, 11) is -3.81. The van der Waals surface area contributed by atoms with Gasteiger partial charge in [-0.15, -0.1) is 0 Å². The van der Waals surface area contributed by atoms with Crippen LogP contribution in [0.15, 0.2) is 53.7 Å². The van der Waals surface area contributed by atoms with Gasteiger partial charge in [-0.05, 0) is 35.6 Å². The first-order valence-electron chi connectivity index (χ1n) is 9.85. The summed E-state index contributed by atoms with van der Waals surface area (Å²) in [4.78, 5) is 17.4. The van der Waals surface area contributed by atoms with Crippen LogP contribution >= 0.6 is 0 Å². The molecule has 0 aliphatic carbocycles. The number of nitrogens with one attached hydrogen (secondary N) is 1. The summed E-state index contributed by atoms with van der Waals surface area (Å²) in [5.41, 5.74) is 6.09. The average molecular weight is 447 g/mol. The third-order valence-electron chi connectivity index (χ3n) is 5.66. The molecule has 0 spiro atoms. The van der Waals surface area contributed by atoms with Crippen LogP contribution in [0, 0.1) is 0 Å². The smallest absolute Gasteiger partial charge is 0.264 e. The molecule has 1 heterocycles. The summed E-state index contributed by atoms with van der Waals surface area (Å²) >= 11 is 0. The number of carbonyl (C=O) groups is 1. The zero-order valence-corrected chi connectivity index (χ0v) is 18.2. The molecule has 0 aromatic heterocycles. The lowest BCUT2D eigenvalue weighted by atomic mass is 9.95. The Bertz CT molecular complexity index is 1060. The number of rotatable bonds is 8. The van der Waals surface area contributed by atoms with Gasteiger partial charge in [0.2, 0.25) is 0 Å². The van der Waals surface area contributed by atoms with Crippen LogP contribution in [0.3, 0.4) is 0 Å². The fourth-order valence-corrected chi connectivity index (χ4v) is 4.39. The molecule has 9 heteroatoms. The molecule has 2 aromatic rings. The molecule has 0 bridgehead atoms. The Kier molecular flexibility index (Phi) is 6.78. The zero-order valence-electron chi connectivity index (χ0n) is 17.4. The van der Waals surface area contributed by atoms with Crippen molar-refractivity contribution in [1.82, 2.24) is 5.48 Å². The highest BCUT2D eigenvalue weighted by Gasteiger charge is 2.47. The summed E-state index contributed by atoms with van der Waals surface area (Å²) in [5, 5.41) is 22.1. The second-order valence-corrected chi connectivity index (χ2v) is 10.3. The maximum Gasteiger partial charge on any atom is 0.264 e. The van der Waals surface area contributed by atoms with Gasteiger partial charge in [0.1, 0.15) is 6.10 Å². The molecule has 1 amide bonds. The predicted octanol–water partition coefficient (Wildman–Crippen LogP) is 2.08. The zero-order chi connectivity index (χ0) is 22.6. The molecule has 3 rings (SSSR count). The molecule has 8 nitrogen and oxygen atoms in total. The van der Waals surface area contributed by atoms with Crippen LogP contribution in [0.4, 0.5) is 0 Å². The van der Waals surface area contributed by atoms with Crippen molar-refractivity contribution in [2.24, 2.45) is 5.16 Å². The third-order valence-corrected chi connectivity index (χ3v) is 7.65. The minimum atomic E-state index is -3.81. The highest BCUT2D eigenvalue weighted by molar-refractivity contribution is 7.92. The Labute approximate surface area is 181 Å². The van der Waals surface area contributed by atoms with Crippen LogP contribution in [-0.4, -0.2) is 54.1 Å². The highest BCUT2D eigenvalue weighted by Crippen LogP contribution is 2.30. The molecule has 166 valence electrons. The number of sulfone groups is 1. The standard InChI is InChI=1S/C22H26N2O6S/c1-22(21(26)23-27,31(2,28)29)14-19-13-20(24-30-19)18-9-7-17(8-10-18)16-5-3-15(4-6-16)11-12-25/h3-10,19,25,27H,11-14H2,1-2H3,(H,23,26)/t19-,22?/m1/s1. The number of oxime groups is 1. The number of amides is 1. The largest absolute Gasteiger partial charge is 0.396 e.